The van der Waals surface area contributed by atoms with Crippen molar-refractivity contribution in [1.82, 2.24) is 0 Å². The van der Waals surface area contributed by atoms with Crippen molar-refractivity contribution in [3.8, 4) is 17.2 Å². The van der Waals surface area contributed by atoms with Crippen molar-refractivity contribution in [2.75, 3.05) is 0 Å². The zero-order chi connectivity index (χ0) is 20.9. The quantitative estimate of drug-likeness (QED) is 0.430. The van der Waals surface area contributed by atoms with Gasteiger partial charge in [-0.2, -0.15) is 5.26 Å². The third kappa shape index (κ3) is 4.62. The summed E-state index contributed by atoms with van der Waals surface area (Å²) in [6.45, 7) is 2.35. The van der Waals surface area contributed by atoms with Crippen LogP contribution in [0.15, 0.2) is 72.8 Å². The second-order valence-corrected chi connectivity index (χ2v) is 8.69. The molecule has 0 N–H and O–H groups in total. The topological polar surface area (TPSA) is 23.8 Å². The van der Waals surface area contributed by atoms with Crippen LogP contribution in [0.5, 0.6) is 0 Å². The first kappa shape index (κ1) is 20.4. The molecule has 0 aliphatic heterocycles. The van der Waals surface area contributed by atoms with Gasteiger partial charge in [0.15, 0.2) is 0 Å². The van der Waals surface area contributed by atoms with Crippen molar-refractivity contribution >= 4 is 0 Å². The molecular weight excluding hydrogens is 369 g/mol. The lowest BCUT2D eigenvalue weighted by Crippen LogP contribution is -2.15. The lowest BCUT2D eigenvalue weighted by molar-refractivity contribution is 0.297. The number of nitriles is 1. The number of rotatable bonds is 5. The molecule has 4 rings (SSSR count). The highest BCUT2D eigenvalue weighted by Gasteiger charge is 2.24. The first-order valence-corrected chi connectivity index (χ1v) is 11.0. The molecule has 3 aromatic rings. The maximum absolute atomic E-state index is 13.9. The molecular formula is C28H28FN. The SMILES string of the molecule is C[C@H](CC1CCC(c2ccc(-c3ccc(C#N)c(F)c3)cc2)CC1)c1ccccc1. The fourth-order valence-electron chi connectivity index (χ4n) is 4.88. The number of halogens is 1. The summed E-state index contributed by atoms with van der Waals surface area (Å²) in [5, 5.41) is 8.90. The Morgan fingerprint density at radius 3 is 2.20 bits per heavy atom. The predicted molar refractivity (Wildman–Crippen MR) is 121 cm³/mol. The Labute approximate surface area is 179 Å². The van der Waals surface area contributed by atoms with Gasteiger partial charge < -0.3 is 0 Å². The smallest absolute Gasteiger partial charge is 0.141 e. The van der Waals surface area contributed by atoms with Gasteiger partial charge in [-0.1, -0.05) is 67.6 Å². The Hall–Kier alpha value is -2.92. The molecule has 0 spiro atoms. The van der Waals surface area contributed by atoms with E-state index in [-0.39, 0.29) is 5.56 Å². The second kappa shape index (κ2) is 9.26. The summed E-state index contributed by atoms with van der Waals surface area (Å²) in [4.78, 5) is 0. The van der Waals surface area contributed by atoms with E-state index in [1.165, 1.54) is 49.3 Å². The van der Waals surface area contributed by atoms with Crippen molar-refractivity contribution in [2.45, 2.75) is 50.9 Å². The van der Waals surface area contributed by atoms with Crippen LogP contribution < -0.4 is 0 Å². The molecule has 1 aliphatic rings. The summed E-state index contributed by atoms with van der Waals surface area (Å²) in [6, 6.07) is 26.1. The minimum absolute atomic E-state index is 0.0914. The van der Waals surface area contributed by atoms with E-state index in [9.17, 15) is 4.39 Å². The van der Waals surface area contributed by atoms with Crippen LogP contribution in [0.1, 0.15) is 67.6 Å². The predicted octanol–water partition coefficient (Wildman–Crippen LogP) is 7.83. The molecule has 0 unspecified atom stereocenters. The fraction of sp³-hybridized carbons (Fsp3) is 0.321. The van der Waals surface area contributed by atoms with Gasteiger partial charge in [-0.15, -0.1) is 0 Å². The van der Waals surface area contributed by atoms with Gasteiger partial charge in [-0.3, -0.25) is 0 Å². The maximum atomic E-state index is 13.9. The Morgan fingerprint density at radius 1 is 0.900 bits per heavy atom. The molecule has 30 heavy (non-hydrogen) atoms. The molecule has 0 aromatic heterocycles. The van der Waals surface area contributed by atoms with Crippen LogP contribution in [-0.4, -0.2) is 0 Å². The van der Waals surface area contributed by atoms with Crippen molar-refractivity contribution in [3.63, 3.8) is 0 Å². The summed E-state index contributed by atoms with van der Waals surface area (Å²) in [6.07, 6.45) is 6.36. The number of hydrogen-bond acceptors (Lipinski definition) is 1. The lowest BCUT2D eigenvalue weighted by atomic mass is 9.75. The average molecular weight is 398 g/mol. The maximum Gasteiger partial charge on any atom is 0.141 e. The first-order valence-electron chi connectivity index (χ1n) is 11.0. The Balaban J connectivity index is 1.35. The third-order valence-corrected chi connectivity index (χ3v) is 6.71. The van der Waals surface area contributed by atoms with E-state index in [0.29, 0.717) is 11.8 Å². The molecule has 152 valence electrons. The van der Waals surface area contributed by atoms with Crippen molar-refractivity contribution < 1.29 is 4.39 Å². The van der Waals surface area contributed by atoms with E-state index < -0.39 is 5.82 Å². The van der Waals surface area contributed by atoms with Crippen LogP contribution in [0.25, 0.3) is 11.1 Å². The minimum atomic E-state index is -0.456. The van der Waals surface area contributed by atoms with Crippen LogP contribution >= 0.6 is 0 Å². The molecule has 1 fully saturated rings. The van der Waals surface area contributed by atoms with Crippen molar-refractivity contribution in [1.29, 1.82) is 5.26 Å². The van der Waals surface area contributed by atoms with Gasteiger partial charge in [-0.25, -0.2) is 4.39 Å². The Morgan fingerprint density at radius 2 is 1.57 bits per heavy atom. The standard InChI is InChI=1S/C28H28FN/c1-20(22-5-3-2-4-6-22)17-21-7-9-23(10-8-21)24-11-13-25(14-12-24)26-15-16-27(19-30)28(29)18-26/h2-6,11-16,18,20-21,23H,7-10,17H2,1H3/t20-,21?,23?/m1/s1. The third-order valence-electron chi connectivity index (χ3n) is 6.71. The minimum Gasteiger partial charge on any atom is -0.206 e. The van der Waals surface area contributed by atoms with Gasteiger partial charge in [0.25, 0.3) is 0 Å². The average Bonchev–Trinajstić information content (AvgIpc) is 2.80. The number of hydrogen-bond donors (Lipinski definition) is 0. The fourth-order valence-corrected chi connectivity index (χ4v) is 4.88. The van der Waals surface area contributed by atoms with Crippen LogP contribution in [-0.2, 0) is 0 Å². The highest BCUT2D eigenvalue weighted by molar-refractivity contribution is 5.65. The van der Waals surface area contributed by atoms with Gasteiger partial charge in [-0.05, 0) is 84.2 Å². The largest absolute Gasteiger partial charge is 0.206 e. The molecule has 0 heterocycles. The summed E-state index contributed by atoms with van der Waals surface area (Å²) in [7, 11) is 0. The normalized spacial score (nSPS) is 19.8. The zero-order valence-corrected chi connectivity index (χ0v) is 17.5. The molecule has 0 bridgehead atoms. The molecule has 1 saturated carbocycles. The van der Waals surface area contributed by atoms with Gasteiger partial charge in [0.2, 0.25) is 0 Å². The van der Waals surface area contributed by atoms with Gasteiger partial charge in [0.1, 0.15) is 11.9 Å². The van der Waals surface area contributed by atoms with Crippen molar-refractivity contribution in [3.05, 3.63) is 95.3 Å². The van der Waals surface area contributed by atoms with Gasteiger partial charge in [0.05, 0.1) is 5.56 Å². The summed E-state index contributed by atoms with van der Waals surface area (Å²) in [5.74, 6) is 1.61. The Bertz CT molecular complexity index is 1010. The van der Waals surface area contributed by atoms with E-state index in [2.05, 4.69) is 61.5 Å². The van der Waals surface area contributed by atoms with Crippen LogP contribution in [0.4, 0.5) is 4.39 Å². The lowest BCUT2D eigenvalue weighted by Gasteiger charge is -2.30. The first-order chi connectivity index (χ1) is 14.6. The highest BCUT2D eigenvalue weighted by atomic mass is 19.1. The summed E-state index contributed by atoms with van der Waals surface area (Å²) >= 11 is 0. The molecule has 3 aromatic carbocycles. The molecule has 1 atom stereocenters. The molecule has 0 saturated heterocycles. The monoisotopic (exact) mass is 397 g/mol. The Kier molecular flexibility index (Phi) is 6.29. The van der Waals surface area contributed by atoms with E-state index in [4.69, 9.17) is 5.26 Å². The molecule has 2 heteroatoms. The molecule has 0 radical (unpaired) electrons. The van der Waals surface area contributed by atoms with Crippen LogP contribution in [0.3, 0.4) is 0 Å². The summed E-state index contributed by atoms with van der Waals surface area (Å²) < 4.78 is 13.9. The zero-order valence-electron chi connectivity index (χ0n) is 17.5. The molecule has 1 aliphatic carbocycles. The summed E-state index contributed by atoms with van der Waals surface area (Å²) in [5.41, 5.74) is 4.75. The van der Waals surface area contributed by atoms with Crippen molar-refractivity contribution in [2.24, 2.45) is 5.92 Å². The van der Waals surface area contributed by atoms with E-state index >= 15 is 0 Å². The van der Waals surface area contributed by atoms with E-state index in [0.717, 1.165) is 17.0 Å². The van der Waals surface area contributed by atoms with Crippen LogP contribution in [0, 0.1) is 23.1 Å². The number of benzene rings is 3. The van der Waals surface area contributed by atoms with E-state index in [1.807, 2.05) is 12.1 Å². The van der Waals surface area contributed by atoms with Gasteiger partial charge >= 0.3 is 0 Å². The number of nitrogens with zero attached hydrogens (tertiary/aromatic N) is 1. The van der Waals surface area contributed by atoms with E-state index in [1.54, 1.807) is 6.07 Å². The molecule has 0 amide bonds. The molecule has 1 nitrogen and oxygen atoms in total. The van der Waals surface area contributed by atoms with Gasteiger partial charge in [0, 0.05) is 0 Å². The highest BCUT2D eigenvalue weighted by Crippen LogP contribution is 2.40. The second-order valence-electron chi connectivity index (χ2n) is 8.69. The van der Waals surface area contributed by atoms with Crippen LogP contribution in [0.2, 0.25) is 0 Å².